The zero-order valence-corrected chi connectivity index (χ0v) is 16.5. The van der Waals surface area contributed by atoms with Gasteiger partial charge < -0.3 is 14.6 Å². The minimum atomic E-state index is -1.20. The first-order valence-electron chi connectivity index (χ1n) is 8.40. The lowest BCUT2D eigenvalue weighted by molar-refractivity contribution is -0.142. The summed E-state index contributed by atoms with van der Waals surface area (Å²) < 4.78 is 5.69. The Kier molecular flexibility index (Phi) is 5.70. The van der Waals surface area contributed by atoms with Gasteiger partial charge in [0.1, 0.15) is 10.8 Å². The van der Waals surface area contributed by atoms with Gasteiger partial charge in [-0.25, -0.2) is 4.98 Å². The summed E-state index contributed by atoms with van der Waals surface area (Å²) in [5.74, 6) is -2.38. The van der Waals surface area contributed by atoms with Gasteiger partial charge in [0.15, 0.2) is 5.58 Å². The summed E-state index contributed by atoms with van der Waals surface area (Å²) >= 11 is 0.816. The van der Waals surface area contributed by atoms with E-state index in [0.29, 0.717) is 11.1 Å². The average molecular weight is 379 g/mol. The van der Waals surface area contributed by atoms with Crippen LogP contribution in [-0.2, 0) is 15.0 Å². The number of carbonyl (C=O) groups is 2. The molecular weight excluding hydrogens is 354 g/mol. The molecule has 0 radical (unpaired) electrons. The van der Waals surface area contributed by atoms with Crippen LogP contribution in [0.3, 0.4) is 0 Å². The predicted octanol–water partition coefficient (Wildman–Crippen LogP) is 4.56. The quantitative estimate of drug-likeness (QED) is 0.680. The van der Waals surface area contributed by atoms with Crippen LogP contribution in [0.2, 0.25) is 0 Å². The molecule has 0 aliphatic carbocycles. The lowest BCUT2D eigenvalue weighted by Gasteiger charge is -2.32. The minimum absolute atomic E-state index is 0.0561. The van der Waals surface area contributed by atoms with Gasteiger partial charge in [-0.3, -0.25) is 9.59 Å². The molecule has 1 heterocycles. The van der Waals surface area contributed by atoms with Gasteiger partial charge >= 0.3 is 11.9 Å². The van der Waals surface area contributed by atoms with E-state index in [1.54, 1.807) is 0 Å². The Morgan fingerprint density at radius 2 is 1.85 bits per heavy atom. The van der Waals surface area contributed by atoms with Crippen LogP contribution >= 0.6 is 11.8 Å². The summed E-state index contributed by atoms with van der Waals surface area (Å²) in [6, 6.07) is 5.80. The van der Waals surface area contributed by atoms with E-state index < -0.39 is 23.6 Å². The second-order valence-electron chi connectivity index (χ2n) is 8.33. The van der Waals surface area contributed by atoms with Crippen molar-refractivity contribution >= 4 is 34.8 Å². The summed E-state index contributed by atoms with van der Waals surface area (Å²) in [6.45, 7) is 11.0. The lowest BCUT2D eigenvalue weighted by Crippen LogP contribution is -2.24. The molecule has 0 aliphatic rings. The predicted molar refractivity (Wildman–Crippen MR) is 101 cm³/mol. The Bertz CT molecular complexity index is 819. The number of fused-ring (bicyclic) bond motifs is 1. The maximum absolute atomic E-state index is 11.2. The van der Waals surface area contributed by atoms with E-state index in [4.69, 9.17) is 14.6 Å². The second-order valence-corrected chi connectivity index (χ2v) is 9.48. The third-order valence-electron chi connectivity index (χ3n) is 4.00. The molecule has 0 amide bonds. The smallest absolute Gasteiger partial charge is 0.317 e. The van der Waals surface area contributed by atoms with Crippen molar-refractivity contribution in [3.63, 3.8) is 0 Å². The maximum Gasteiger partial charge on any atom is 0.317 e. The number of carboxylic acid groups (broad SMARTS) is 2. The largest absolute Gasteiger partial charge is 0.481 e. The normalized spacial score (nSPS) is 13.7. The van der Waals surface area contributed by atoms with Gasteiger partial charge in [-0.15, -0.1) is 0 Å². The highest BCUT2D eigenvalue weighted by molar-refractivity contribution is 8.00. The molecule has 1 aromatic carbocycles. The van der Waals surface area contributed by atoms with Gasteiger partial charge in [-0.1, -0.05) is 52.4 Å². The molecule has 0 aliphatic heterocycles. The number of nitrogens with zero attached hydrogens (tertiary/aromatic N) is 1. The van der Waals surface area contributed by atoms with Gasteiger partial charge in [0.2, 0.25) is 0 Å². The third-order valence-corrected chi connectivity index (χ3v) is 5.03. The van der Waals surface area contributed by atoms with Gasteiger partial charge in [-0.2, -0.15) is 0 Å². The Labute approximate surface area is 157 Å². The van der Waals surface area contributed by atoms with Gasteiger partial charge in [0, 0.05) is 0 Å². The fourth-order valence-corrected chi connectivity index (χ4v) is 4.12. The number of aliphatic carboxylic acids is 2. The first-order valence-corrected chi connectivity index (χ1v) is 9.28. The molecule has 0 saturated heterocycles. The van der Waals surface area contributed by atoms with Crippen molar-refractivity contribution in [3.05, 3.63) is 23.8 Å². The summed E-state index contributed by atoms with van der Waals surface area (Å²) in [7, 11) is 0. The summed E-state index contributed by atoms with van der Waals surface area (Å²) in [5, 5.41) is 17.0. The number of hydrogen-bond acceptors (Lipinski definition) is 5. The zero-order valence-electron chi connectivity index (χ0n) is 15.7. The lowest BCUT2D eigenvalue weighted by atomic mass is 9.72. The topological polar surface area (TPSA) is 101 Å². The van der Waals surface area contributed by atoms with E-state index >= 15 is 0 Å². The second kappa shape index (κ2) is 7.31. The molecule has 1 aromatic heterocycles. The van der Waals surface area contributed by atoms with E-state index in [-0.39, 0.29) is 16.1 Å². The SMILES string of the molecule is CC(C)(C)CC(C)(C)c1ccc2nc(SC(CC(=O)O)C(=O)O)oc2c1. The average Bonchev–Trinajstić information content (AvgIpc) is 2.84. The minimum Gasteiger partial charge on any atom is -0.481 e. The monoisotopic (exact) mass is 379 g/mol. The maximum atomic E-state index is 11.2. The van der Waals surface area contributed by atoms with Crippen molar-refractivity contribution in [2.75, 3.05) is 0 Å². The van der Waals surface area contributed by atoms with E-state index in [2.05, 4.69) is 39.6 Å². The number of benzene rings is 1. The van der Waals surface area contributed by atoms with Crippen molar-refractivity contribution in [1.82, 2.24) is 4.98 Å². The van der Waals surface area contributed by atoms with Crippen LogP contribution in [0, 0.1) is 5.41 Å². The molecule has 7 heteroatoms. The van der Waals surface area contributed by atoms with Crippen LogP contribution in [-0.4, -0.2) is 32.4 Å². The third kappa shape index (κ3) is 5.24. The molecule has 26 heavy (non-hydrogen) atoms. The Morgan fingerprint density at radius 1 is 1.19 bits per heavy atom. The van der Waals surface area contributed by atoms with Crippen molar-refractivity contribution in [3.8, 4) is 0 Å². The van der Waals surface area contributed by atoms with Gasteiger partial charge in [-0.05, 0) is 34.9 Å². The molecule has 2 N–H and O–H groups in total. The molecule has 1 atom stereocenters. The number of aromatic nitrogens is 1. The van der Waals surface area contributed by atoms with E-state index in [9.17, 15) is 9.59 Å². The van der Waals surface area contributed by atoms with Gasteiger partial charge in [0.25, 0.3) is 5.22 Å². The number of rotatable bonds is 7. The molecule has 6 nitrogen and oxygen atoms in total. The van der Waals surface area contributed by atoms with Crippen molar-refractivity contribution in [1.29, 1.82) is 0 Å². The zero-order chi connectivity index (χ0) is 19.7. The molecule has 0 fully saturated rings. The highest BCUT2D eigenvalue weighted by Crippen LogP contribution is 2.38. The van der Waals surface area contributed by atoms with Gasteiger partial charge in [0.05, 0.1) is 6.42 Å². The first-order chi connectivity index (χ1) is 11.9. The molecule has 1 unspecified atom stereocenters. The van der Waals surface area contributed by atoms with Crippen LogP contribution < -0.4 is 0 Å². The standard InChI is InChI=1S/C19H25NO5S/c1-18(2,3)10-19(4,5)11-6-7-12-13(8-11)25-17(20-12)26-14(16(23)24)9-15(21)22/h6-8,14H,9-10H2,1-5H3,(H,21,22)(H,23,24). The molecule has 2 rings (SSSR count). The van der Waals surface area contributed by atoms with E-state index in [1.807, 2.05) is 18.2 Å². The highest BCUT2D eigenvalue weighted by Gasteiger charge is 2.28. The Hall–Kier alpha value is -2.02. The van der Waals surface area contributed by atoms with Crippen LogP contribution in [0.4, 0.5) is 0 Å². The van der Waals surface area contributed by atoms with Crippen LogP contribution in [0.5, 0.6) is 0 Å². The van der Waals surface area contributed by atoms with Crippen molar-refractivity contribution in [2.24, 2.45) is 5.41 Å². The number of hydrogen-bond donors (Lipinski definition) is 2. The van der Waals surface area contributed by atoms with E-state index in [0.717, 1.165) is 23.7 Å². The first kappa shape index (κ1) is 20.3. The summed E-state index contributed by atoms with van der Waals surface area (Å²) in [4.78, 5) is 26.3. The Balaban J connectivity index is 2.29. The molecule has 0 spiro atoms. The fraction of sp³-hybridized carbons (Fsp3) is 0.526. The summed E-state index contributed by atoms with van der Waals surface area (Å²) in [5.41, 5.74) is 2.44. The van der Waals surface area contributed by atoms with Crippen LogP contribution in [0.1, 0.15) is 53.0 Å². The highest BCUT2D eigenvalue weighted by atomic mass is 32.2. The molecule has 0 bridgehead atoms. The summed E-state index contributed by atoms with van der Waals surface area (Å²) in [6.07, 6.45) is 0.490. The molecule has 2 aromatic rings. The van der Waals surface area contributed by atoms with E-state index in [1.165, 1.54) is 0 Å². The molecule has 142 valence electrons. The van der Waals surface area contributed by atoms with Crippen LogP contribution in [0.25, 0.3) is 11.1 Å². The Morgan fingerprint density at radius 3 is 2.38 bits per heavy atom. The van der Waals surface area contributed by atoms with Crippen LogP contribution in [0.15, 0.2) is 27.8 Å². The number of carboxylic acids is 2. The van der Waals surface area contributed by atoms with Crippen molar-refractivity contribution in [2.45, 2.75) is 63.3 Å². The fourth-order valence-electron chi connectivity index (χ4n) is 3.26. The molecule has 0 saturated carbocycles. The number of oxazole rings is 1. The van der Waals surface area contributed by atoms with Crippen molar-refractivity contribution < 1.29 is 24.2 Å². The number of thioether (sulfide) groups is 1. The molecular formula is C19H25NO5S.